The zero-order chi connectivity index (χ0) is 13.6. The van der Waals surface area contributed by atoms with Crippen LogP contribution in [0.15, 0.2) is 24.3 Å². The normalized spacial score (nSPS) is 13.6. The van der Waals surface area contributed by atoms with Crippen molar-refractivity contribution >= 4 is 0 Å². The average Bonchev–Trinajstić information content (AvgIpc) is 2.33. The molecular formula is C12H16F3NO2. The van der Waals surface area contributed by atoms with Gasteiger partial charge in [0, 0.05) is 20.2 Å². The largest absolute Gasteiger partial charge is 0.416 e. The van der Waals surface area contributed by atoms with E-state index < -0.39 is 17.8 Å². The molecular weight excluding hydrogens is 247 g/mol. The van der Waals surface area contributed by atoms with Gasteiger partial charge in [0.2, 0.25) is 0 Å². The molecule has 0 aliphatic heterocycles. The molecule has 1 aromatic rings. The Morgan fingerprint density at radius 1 is 1.33 bits per heavy atom. The summed E-state index contributed by atoms with van der Waals surface area (Å²) in [5, 5.41) is 12.6. The molecule has 0 saturated heterocycles. The van der Waals surface area contributed by atoms with Crippen LogP contribution in [0.1, 0.15) is 17.2 Å². The molecule has 0 amide bonds. The molecule has 0 aliphatic rings. The van der Waals surface area contributed by atoms with Crippen LogP contribution in [-0.2, 0) is 10.9 Å². The summed E-state index contributed by atoms with van der Waals surface area (Å²) < 4.78 is 42.9. The molecule has 2 N–H and O–H groups in total. The number of alkyl halides is 3. The maximum absolute atomic E-state index is 12.7. The Hall–Kier alpha value is -1.11. The zero-order valence-corrected chi connectivity index (χ0v) is 10.00. The van der Waals surface area contributed by atoms with Gasteiger partial charge in [0.05, 0.1) is 18.3 Å². The minimum Gasteiger partial charge on any atom is -0.387 e. The van der Waals surface area contributed by atoms with Gasteiger partial charge in [-0.2, -0.15) is 13.2 Å². The Morgan fingerprint density at radius 3 is 2.61 bits per heavy atom. The van der Waals surface area contributed by atoms with E-state index in [0.717, 1.165) is 6.07 Å². The minimum absolute atomic E-state index is 0.0520. The Morgan fingerprint density at radius 2 is 2.00 bits per heavy atom. The van der Waals surface area contributed by atoms with Gasteiger partial charge < -0.3 is 15.2 Å². The van der Waals surface area contributed by atoms with Gasteiger partial charge in [0.15, 0.2) is 0 Å². The summed E-state index contributed by atoms with van der Waals surface area (Å²) in [6.45, 7) is 0.964. The fourth-order valence-corrected chi connectivity index (χ4v) is 1.57. The molecule has 102 valence electrons. The average molecular weight is 263 g/mol. The first-order valence-corrected chi connectivity index (χ1v) is 5.50. The molecule has 1 rings (SSSR count). The lowest BCUT2D eigenvalue weighted by Gasteiger charge is -2.17. The van der Waals surface area contributed by atoms with E-state index in [2.05, 4.69) is 5.32 Å². The van der Waals surface area contributed by atoms with E-state index >= 15 is 0 Å². The van der Waals surface area contributed by atoms with Crippen molar-refractivity contribution in [3.05, 3.63) is 35.4 Å². The number of ether oxygens (including phenoxy) is 1. The van der Waals surface area contributed by atoms with E-state index in [0.29, 0.717) is 13.2 Å². The highest BCUT2D eigenvalue weighted by atomic mass is 19.4. The maximum atomic E-state index is 12.7. The number of benzene rings is 1. The van der Waals surface area contributed by atoms with Gasteiger partial charge >= 0.3 is 6.18 Å². The second-order valence-electron chi connectivity index (χ2n) is 3.80. The van der Waals surface area contributed by atoms with Crippen LogP contribution >= 0.6 is 0 Å². The van der Waals surface area contributed by atoms with Crippen LogP contribution in [0.2, 0.25) is 0 Å². The molecule has 0 saturated carbocycles. The first-order valence-electron chi connectivity index (χ1n) is 5.50. The lowest BCUT2D eigenvalue weighted by atomic mass is 10.0. The molecule has 0 heterocycles. The van der Waals surface area contributed by atoms with Crippen molar-refractivity contribution in [2.24, 2.45) is 0 Å². The quantitative estimate of drug-likeness (QED) is 0.771. The van der Waals surface area contributed by atoms with Crippen molar-refractivity contribution in [1.29, 1.82) is 0 Å². The van der Waals surface area contributed by atoms with Gasteiger partial charge in [-0.15, -0.1) is 0 Å². The van der Waals surface area contributed by atoms with Crippen molar-refractivity contribution in [3.63, 3.8) is 0 Å². The SMILES string of the molecule is COCCNCC(O)c1ccccc1C(F)(F)F. The molecule has 0 fully saturated rings. The topological polar surface area (TPSA) is 41.5 Å². The Bertz CT molecular complexity index is 369. The molecule has 6 heteroatoms. The summed E-state index contributed by atoms with van der Waals surface area (Å²) >= 11 is 0. The van der Waals surface area contributed by atoms with Crippen LogP contribution in [0.25, 0.3) is 0 Å². The van der Waals surface area contributed by atoms with Gasteiger partial charge in [-0.05, 0) is 11.6 Å². The van der Waals surface area contributed by atoms with Crippen molar-refractivity contribution in [1.82, 2.24) is 5.32 Å². The number of halogens is 3. The molecule has 1 aromatic carbocycles. The number of hydrogen-bond acceptors (Lipinski definition) is 3. The lowest BCUT2D eigenvalue weighted by molar-refractivity contribution is -0.139. The van der Waals surface area contributed by atoms with Crippen LogP contribution < -0.4 is 5.32 Å². The first kappa shape index (κ1) is 14.9. The summed E-state index contributed by atoms with van der Waals surface area (Å²) in [6.07, 6.45) is -5.65. The molecule has 0 aliphatic carbocycles. The van der Waals surface area contributed by atoms with E-state index in [-0.39, 0.29) is 12.1 Å². The Kier molecular flexibility index (Phi) is 5.58. The molecule has 0 bridgehead atoms. The van der Waals surface area contributed by atoms with Crippen molar-refractivity contribution in [3.8, 4) is 0 Å². The van der Waals surface area contributed by atoms with E-state index in [1.165, 1.54) is 25.3 Å². The number of nitrogens with one attached hydrogen (secondary N) is 1. The summed E-state index contributed by atoms with van der Waals surface area (Å²) in [6, 6.07) is 5.03. The molecule has 0 radical (unpaired) electrons. The number of aliphatic hydroxyl groups is 1. The number of methoxy groups -OCH3 is 1. The fraction of sp³-hybridized carbons (Fsp3) is 0.500. The predicted octanol–water partition coefficient (Wildman–Crippen LogP) is 1.97. The summed E-state index contributed by atoms with van der Waals surface area (Å²) in [4.78, 5) is 0. The van der Waals surface area contributed by atoms with Gasteiger partial charge in [-0.25, -0.2) is 0 Å². The molecule has 0 spiro atoms. The third-order valence-corrected chi connectivity index (χ3v) is 2.45. The van der Waals surface area contributed by atoms with Gasteiger partial charge in [0.25, 0.3) is 0 Å². The first-order chi connectivity index (χ1) is 8.46. The van der Waals surface area contributed by atoms with E-state index in [1.54, 1.807) is 0 Å². The highest BCUT2D eigenvalue weighted by Gasteiger charge is 2.34. The molecule has 1 unspecified atom stereocenters. The van der Waals surface area contributed by atoms with E-state index in [9.17, 15) is 18.3 Å². The molecule has 18 heavy (non-hydrogen) atoms. The van der Waals surface area contributed by atoms with Crippen LogP contribution in [0.3, 0.4) is 0 Å². The van der Waals surface area contributed by atoms with E-state index in [1.807, 2.05) is 0 Å². The standard InChI is InChI=1S/C12H16F3NO2/c1-18-7-6-16-8-11(17)9-4-2-3-5-10(9)12(13,14)15/h2-5,11,16-17H,6-8H2,1H3. The maximum Gasteiger partial charge on any atom is 0.416 e. The van der Waals surface area contributed by atoms with Crippen molar-refractivity contribution < 1.29 is 23.0 Å². The fourth-order valence-electron chi connectivity index (χ4n) is 1.57. The van der Waals surface area contributed by atoms with Gasteiger partial charge in [0.1, 0.15) is 0 Å². The minimum atomic E-state index is -4.45. The number of aliphatic hydroxyl groups excluding tert-OH is 1. The third-order valence-electron chi connectivity index (χ3n) is 2.45. The monoisotopic (exact) mass is 263 g/mol. The van der Waals surface area contributed by atoms with E-state index in [4.69, 9.17) is 4.74 Å². The second-order valence-corrected chi connectivity index (χ2v) is 3.80. The zero-order valence-electron chi connectivity index (χ0n) is 10.00. The van der Waals surface area contributed by atoms with Crippen molar-refractivity contribution in [2.75, 3.05) is 26.8 Å². The summed E-state index contributed by atoms with van der Waals surface area (Å²) in [5.41, 5.74) is -0.916. The number of rotatable bonds is 6. The summed E-state index contributed by atoms with van der Waals surface area (Å²) in [5.74, 6) is 0. The molecule has 0 aromatic heterocycles. The Balaban J connectivity index is 2.70. The highest BCUT2D eigenvalue weighted by Crippen LogP contribution is 2.34. The Labute approximate surface area is 104 Å². The highest BCUT2D eigenvalue weighted by molar-refractivity contribution is 5.31. The van der Waals surface area contributed by atoms with Crippen LogP contribution in [0.4, 0.5) is 13.2 Å². The smallest absolute Gasteiger partial charge is 0.387 e. The molecule has 1 atom stereocenters. The van der Waals surface area contributed by atoms with Crippen LogP contribution in [-0.4, -0.2) is 31.9 Å². The van der Waals surface area contributed by atoms with Gasteiger partial charge in [-0.3, -0.25) is 0 Å². The number of hydrogen-bond donors (Lipinski definition) is 2. The third kappa shape index (κ3) is 4.29. The predicted molar refractivity (Wildman–Crippen MR) is 61.1 cm³/mol. The van der Waals surface area contributed by atoms with Crippen LogP contribution in [0.5, 0.6) is 0 Å². The second kappa shape index (κ2) is 6.72. The summed E-state index contributed by atoms with van der Waals surface area (Å²) in [7, 11) is 1.52. The van der Waals surface area contributed by atoms with Gasteiger partial charge in [-0.1, -0.05) is 18.2 Å². The van der Waals surface area contributed by atoms with Crippen LogP contribution in [0, 0.1) is 0 Å². The lowest BCUT2D eigenvalue weighted by Crippen LogP contribution is -2.26. The van der Waals surface area contributed by atoms with Crippen molar-refractivity contribution in [2.45, 2.75) is 12.3 Å². The molecule has 3 nitrogen and oxygen atoms in total.